The molecule has 10 aromatic rings. The standard InChI is InChI=1S/C46H29N5O2/c52-43-35-14-4-8-18-39(35)49(40-19-9-5-15-36(40)43)32-24-22-31(23-25-32)46-47-45(30-12-2-1-3-13-30)48-51(46)34-28-26-33(27-29-34)50-41-20-10-6-16-37(41)44(53)38-17-7-11-21-42(38)50/h1-29H. The second kappa shape index (κ2) is 12.1. The smallest absolute Gasteiger partial charge is 0.197 e. The molecule has 10 rings (SSSR count). The van der Waals surface area contributed by atoms with Gasteiger partial charge >= 0.3 is 0 Å². The monoisotopic (exact) mass is 683 g/mol. The Morgan fingerprint density at radius 3 is 1.19 bits per heavy atom. The van der Waals surface area contributed by atoms with E-state index in [1.807, 2.05) is 144 Å². The molecule has 0 radical (unpaired) electrons. The van der Waals surface area contributed by atoms with Crippen molar-refractivity contribution in [2.45, 2.75) is 0 Å². The lowest BCUT2D eigenvalue weighted by atomic mass is 10.1. The minimum absolute atomic E-state index is 0.0259. The number of rotatable bonds is 5. The van der Waals surface area contributed by atoms with Gasteiger partial charge < -0.3 is 9.13 Å². The average molecular weight is 684 g/mol. The first-order chi connectivity index (χ1) is 26.1. The van der Waals surface area contributed by atoms with Crippen LogP contribution in [0.3, 0.4) is 0 Å². The van der Waals surface area contributed by atoms with Crippen LogP contribution in [-0.2, 0) is 0 Å². The number of hydrogen-bond acceptors (Lipinski definition) is 4. The third-order valence-electron chi connectivity index (χ3n) is 9.93. The molecule has 0 spiro atoms. The van der Waals surface area contributed by atoms with E-state index in [0.29, 0.717) is 33.2 Å². The maximum atomic E-state index is 13.4. The van der Waals surface area contributed by atoms with Crippen LogP contribution < -0.4 is 10.9 Å². The van der Waals surface area contributed by atoms with Crippen molar-refractivity contribution in [3.05, 3.63) is 196 Å². The van der Waals surface area contributed by atoms with E-state index >= 15 is 0 Å². The molecule has 0 saturated heterocycles. The minimum atomic E-state index is 0.0259. The number of fused-ring (bicyclic) bond motifs is 4. The Morgan fingerprint density at radius 1 is 0.358 bits per heavy atom. The summed E-state index contributed by atoms with van der Waals surface area (Å²) in [6.45, 7) is 0. The molecule has 7 nitrogen and oxygen atoms in total. The van der Waals surface area contributed by atoms with E-state index in [2.05, 4.69) is 45.5 Å². The molecule has 0 bridgehead atoms. The molecule has 3 heterocycles. The highest BCUT2D eigenvalue weighted by molar-refractivity contribution is 5.96. The van der Waals surface area contributed by atoms with Crippen LogP contribution in [0.5, 0.6) is 0 Å². The van der Waals surface area contributed by atoms with Crippen LogP contribution in [0.15, 0.2) is 186 Å². The van der Waals surface area contributed by atoms with Gasteiger partial charge in [0.2, 0.25) is 0 Å². The molecule has 0 aliphatic heterocycles. The third-order valence-corrected chi connectivity index (χ3v) is 9.93. The van der Waals surface area contributed by atoms with Crippen LogP contribution in [0.2, 0.25) is 0 Å². The van der Waals surface area contributed by atoms with Crippen molar-refractivity contribution in [1.29, 1.82) is 0 Å². The van der Waals surface area contributed by atoms with E-state index in [4.69, 9.17) is 10.1 Å². The highest BCUT2D eigenvalue weighted by Gasteiger charge is 2.18. The highest BCUT2D eigenvalue weighted by Crippen LogP contribution is 2.30. The summed E-state index contributed by atoms with van der Waals surface area (Å²) < 4.78 is 6.16. The van der Waals surface area contributed by atoms with Gasteiger partial charge in [-0.2, -0.15) is 0 Å². The zero-order valence-corrected chi connectivity index (χ0v) is 28.3. The SMILES string of the molecule is O=c1c2ccccc2n(-c2ccc(-c3nc(-c4ccccc4)nn3-c3ccc(-n4c5ccccc5c(=O)c5ccccc54)cc3)cc2)c2ccccc12. The fraction of sp³-hybridized carbons (Fsp3) is 0. The normalized spacial score (nSPS) is 11.5. The lowest BCUT2D eigenvalue weighted by molar-refractivity contribution is 0.889. The van der Waals surface area contributed by atoms with Crippen LogP contribution >= 0.6 is 0 Å². The largest absolute Gasteiger partial charge is 0.309 e. The Balaban J connectivity index is 1.11. The molecular weight excluding hydrogens is 655 g/mol. The lowest BCUT2D eigenvalue weighted by Gasteiger charge is -2.16. The van der Waals surface area contributed by atoms with E-state index in [1.165, 1.54) is 0 Å². The summed E-state index contributed by atoms with van der Waals surface area (Å²) in [7, 11) is 0. The van der Waals surface area contributed by atoms with E-state index in [9.17, 15) is 9.59 Å². The zero-order chi connectivity index (χ0) is 35.5. The number of aromatic nitrogens is 5. The molecule has 0 N–H and O–H groups in total. The molecule has 0 fully saturated rings. The second-order valence-corrected chi connectivity index (χ2v) is 13.0. The van der Waals surface area contributed by atoms with Crippen LogP contribution in [0.4, 0.5) is 0 Å². The van der Waals surface area contributed by atoms with Crippen LogP contribution in [-0.4, -0.2) is 23.9 Å². The van der Waals surface area contributed by atoms with E-state index < -0.39 is 0 Å². The van der Waals surface area contributed by atoms with Gasteiger partial charge in [-0.25, -0.2) is 9.67 Å². The Kier molecular flexibility index (Phi) is 6.97. The first kappa shape index (κ1) is 30.4. The van der Waals surface area contributed by atoms with Crippen LogP contribution in [0, 0.1) is 0 Å². The molecule has 0 unspecified atom stereocenters. The van der Waals surface area contributed by atoms with Gasteiger partial charge in [-0.3, -0.25) is 9.59 Å². The first-order valence-electron chi connectivity index (χ1n) is 17.4. The Morgan fingerprint density at radius 2 is 0.736 bits per heavy atom. The van der Waals surface area contributed by atoms with Gasteiger partial charge in [0.1, 0.15) is 0 Å². The van der Waals surface area contributed by atoms with Crippen LogP contribution in [0.1, 0.15) is 0 Å². The molecule has 7 heteroatoms. The van der Waals surface area contributed by atoms with E-state index in [0.717, 1.165) is 50.3 Å². The van der Waals surface area contributed by atoms with Crippen molar-refractivity contribution < 1.29 is 0 Å². The number of pyridine rings is 2. The number of para-hydroxylation sites is 4. The number of hydrogen-bond donors (Lipinski definition) is 0. The van der Waals surface area contributed by atoms with Crippen LogP contribution in [0.25, 0.3) is 83.4 Å². The summed E-state index contributed by atoms with van der Waals surface area (Å²) in [4.78, 5) is 31.9. The second-order valence-electron chi connectivity index (χ2n) is 13.0. The highest BCUT2D eigenvalue weighted by atomic mass is 16.1. The average Bonchev–Trinajstić information content (AvgIpc) is 3.68. The van der Waals surface area contributed by atoms with Crippen molar-refractivity contribution in [1.82, 2.24) is 23.9 Å². The molecule has 0 atom stereocenters. The maximum absolute atomic E-state index is 13.4. The molecule has 0 aliphatic carbocycles. The van der Waals surface area contributed by atoms with Gasteiger partial charge in [-0.1, -0.05) is 78.9 Å². The third kappa shape index (κ3) is 4.90. The van der Waals surface area contributed by atoms with Crippen molar-refractivity contribution >= 4 is 43.6 Å². The van der Waals surface area contributed by atoms with E-state index in [-0.39, 0.29) is 10.9 Å². The van der Waals surface area contributed by atoms with Gasteiger partial charge in [-0.05, 0) is 97.1 Å². The Hall–Kier alpha value is -7.38. The fourth-order valence-corrected chi connectivity index (χ4v) is 7.44. The summed E-state index contributed by atoms with van der Waals surface area (Å²) in [5.74, 6) is 1.31. The molecule has 7 aromatic carbocycles. The maximum Gasteiger partial charge on any atom is 0.197 e. The first-order valence-corrected chi connectivity index (χ1v) is 17.4. The molecule has 53 heavy (non-hydrogen) atoms. The zero-order valence-electron chi connectivity index (χ0n) is 28.3. The summed E-state index contributed by atoms with van der Waals surface area (Å²) in [6, 6.07) is 57.3. The van der Waals surface area contributed by atoms with Crippen molar-refractivity contribution in [3.63, 3.8) is 0 Å². The van der Waals surface area contributed by atoms with E-state index in [1.54, 1.807) is 0 Å². The predicted molar refractivity (Wildman–Crippen MR) is 213 cm³/mol. The fourth-order valence-electron chi connectivity index (χ4n) is 7.44. The van der Waals surface area contributed by atoms with Crippen molar-refractivity contribution in [3.8, 4) is 39.8 Å². The molecule has 3 aromatic heterocycles. The van der Waals surface area contributed by atoms with Crippen molar-refractivity contribution in [2.75, 3.05) is 0 Å². The van der Waals surface area contributed by atoms with Gasteiger partial charge in [0.15, 0.2) is 22.5 Å². The predicted octanol–water partition coefficient (Wildman–Crippen LogP) is 9.52. The molecule has 0 saturated carbocycles. The molecule has 0 amide bonds. The summed E-state index contributed by atoms with van der Waals surface area (Å²) >= 11 is 0. The Labute approximate surface area is 302 Å². The number of benzene rings is 7. The summed E-state index contributed by atoms with van der Waals surface area (Å²) in [6.07, 6.45) is 0. The minimum Gasteiger partial charge on any atom is -0.309 e. The summed E-state index contributed by atoms with van der Waals surface area (Å²) in [5.41, 5.74) is 7.95. The van der Waals surface area contributed by atoms with Gasteiger partial charge in [0.05, 0.1) is 27.8 Å². The molecule has 250 valence electrons. The topological polar surface area (TPSA) is 74.7 Å². The lowest BCUT2D eigenvalue weighted by Crippen LogP contribution is -2.10. The molecule has 0 aliphatic rings. The molecular formula is C46H29N5O2. The van der Waals surface area contributed by atoms with Gasteiger partial charge in [0.25, 0.3) is 0 Å². The van der Waals surface area contributed by atoms with Crippen molar-refractivity contribution in [2.24, 2.45) is 0 Å². The van der Waals surface area contributed by atoms with Gasteiger partial charge in [0, 0.05) is 44.0 Å². The number of nitrogens with zero attached hydrogens (tertiary/aromatic N) is 5. The quantitative estimate of drug-likeness (QED) is 0.169. The summed E-state index contributed by atoms with van der Waals surface area (Å²) in [5, 5.41) is 7.73. The Bertz CT molecular complexity index is 2830. The van der Waals surface area contributed by atoms with Gasteiger partial charge in [-0.15, -0.1) is 5.10 Å².